The number of carboxylic acids is 1. The number of benzene rings is 1. The van der Waals surface area contributed by atoms with Gasteiger partial charge in [-0.25, -0.2) is 4.79 Å². The molecule has 1 aromatic carbocycles. The van der Waals surface area contributed by atoms with Gasteiger partial charge in [0.1, 0.15) is 5.75 Å². The van der Waals surface area contributed by atoms with Crippen molar-refractivity contribution in [3.05, 3.63) is 29.3 Å². The molecular formula is C23H34O5. The van der Waals surface area contributed by atoms with Crippen LogP contribution in [0.3, 0.4) is 0 Å². The summed E-state index contributed by atoms with van der Waals surface area (Å²) in [5, 5.41) is 30.1. The first-order valence-corrected chi connectivity index (χ1v) is 10.2. The number of aliphatic hydroxyl groups is 2. The van der Waals surface area contributed by atoms with Crippen LogP contribution in [0.15, 0.2) is 18.2 Å². The van der Waals surface area contributed by atoms with E-state index in [0.29, 0.717) is 61.8 Å². The molecule has 3 rings (SSSR count). The van der Waals surface area contributed by atoms with Crippen LogP contribution in [-0.4, -0.2) is 40.1 Å². The summed E-state index contributed by atoms with van der Waals surface area (Å²) in [7, 11) is 0. The van der Waals surface area contributed by atoms with Gasteiger partial charge in [0.05, 0.1) is 12.2 Å². The number of ether oxygens (including phenoxy) is 1. The average Bonchev–Trinajstić information content (AvgIpc) is 3.03. The van der Waals surface area contributed by atoms with Crippen molar-refractivity contribution in [3.63, 3.8) is 0 Å². The molecule has 0 heterocycles. The lowest BCUT2D eigenvalue weighted by molar-refractivity contribution is -0.139. The second-order valence-corrected chi connectivity index (χ2v) is 8.04. The Morgan fingerprint density at radius 2 is 2.25 bits per heavy atom. The molecule has 5 nitrogen and oxygen atoms in total. The van der Waals surface area contributed by atoms with Crippen molar-refractivity contribution in [3.8, 4) is 5.75 Å². The molecule has 0 aliphatic heterocycles. The minimum Gasteiger partial charge on any atom is -0.482 e. The van der Waals surface area contributed by atoms with E-state index in [2.05, 4.69) is 0 Å². The first-order chi connectivity index (χ1) is 15.4. The Kier molecular flexibility index (Phi) is 5.32. The lowest BCUT2D eigenvalue weighted by Gasteiger charge is -2.32. The fourth-order valence-electron chi connectivity index (χ4n) is 4.69. The van der Waals surface area contributed by atoms with Gasteiger partial charge in [-0.2, -0.15) is 0 Å². The van der Waals surface area contributed by atoms with Crippen LogP contribution < -0.4 is 4.74 Å². The summed E-state index contributed by atoms with van der Waals surface area (Å²) >= 11 is 0. The van der Waals surface area contributed by atoms with Crippen LogP contribution in [0.25, 0.3) is 0 Å². The quantitative estimate of drug-likeness (QED) is 0.527. The standard InChI is InChI=1S/C23H34O5/c1-2-3-4-7-17(24)9-10-18-19-11-15-6-5-8-22(28-14-23(26)27)20(15)12-16(19)13-21(18)25/h5-6,8,16-19,21,24-25H,2-4,7,9-14H2,1H3,(H,26,27)/t16-,17-,18+,19-,21+/m0/s1/i1D3,11D2. The van der Waals surface area contributed by atoms with Crippen LogP contribution in [0.4, 0.5) is 0 Å². The van der Waals surface area contributed by atoms with Gasteiger partial charge in [0.2, 0.25) is 0 Å². The highest BCUT2D eigenvalue weighted by atomic mass is 16.5. The highest BCUT2D eigenvalue weighted by Gasteiger charge is 2.44. The molecule has 1 aromatic rings. The maximum absolute atomic E-state index is 10.9. The number of hydrogen-bond donors (Lipinski definition) is 3. The minimum atomic E-state index is -1.95. The summed E-state index contributed by atoms with van der Waals surface area (Å²) in [5.41, 5.74) is 1.16. The van der Waals surface area contributed by atoms with Crippen LogP contribution in [0, 0.1) is 17.8 Å². The molecule has 5 heteroatoms. The number of carboxylic acid groups (broad SMARTS) is 1. The lowest BCUT2D eigenvalue weighted by Crippen LogP contribution is -2.28. The van der Waals surface area contributed by atoms with Crippen molar-refractivity contribution in [2.75, 3.05) is 6.61 Å². The number of rotatable bonds is 10. The van der Waals surface area contributed by atoms with E-state index in [1.807, 2.05) is 0 Å². The number of unbranched alkanes of at least 4 members (excludes halogenated alkanes) is 1. The molecule has 5 atom stereocenters. The average molecular weight is 396 g/mol. The zero-order chi connectivity index (χ0) is 24.4. The smallest absolute Gasteiger partial charge is 0.341 e. The molecule has 0 unspecified atom stereocenters. The van der Waals surface area contributed by atoms with Gasteiger partial charge in [0.25, 0.3) is 0 Å². The van der Waals surface area contributed by atoms with Crippen molar-refractivity contribution in [1.82, 2.24) is 0 Å². The van der Waals surface area contributed by atoms with Gasteiger partial charge in [-0.15, -0.1) is 0 Å². The topological polar surface area (TPSA) is 87.0 Å². The third kappa shape index (κ3) is 5.06. The van der Waals surface area contributed by atoms with Gasteiger partial charge >= 0.3 is 5.97 Å². The molecule has 0 saturated heterocycles. The number of fused-ring (bicyclic) bond motifs is 2. The van der Waals surface area contributed by atoms with E-state index < -0.39 is 43.9 Å². The summed E-state index contributed by atoms with van der Waals surface area (Å²) in [6, 6.07) is 5.03. The van der Waals surface area contributed by atoms with Crippen molar-refractivity contribution in [2.45, 2.75) is 76.8 Å². The van der Waals surface area contributed by atoms with E-state index in [-0.39, 0.29) is 18.3 Å². The first kappa shape index (κ1) is 15.3. The Morgan fingerprint density at radius 1 is 1.39 bits per heavy atom. The van der Waals surface area contributed by atoms with Gasteiger partial charge < -0.3 is 20.1 Å². The third-order valence-electron chi connectivity index (χ3n) is 6.08. The predicted molar refractivity (Wildman–Crippen MR) is 107 cm³/mol. The maximum atomic E-state index is 10.9. The van der Waals surface area contributed by atoms with E-state index in [0.717, 1.165) is 0 Å². The summed E-state index contributed by atoms with van der Waals surface area (Å²) in [5.74, 6) is -1.52. The first-order valence-electron chi connectivity index (χ1n) is 12.7. The molecule has 1 fully saturated rings. The lowest BCUT2D eigenvalue weighted by atomic mass is 9.73. The highest BCUT2D eigenvalue weighted by molar-refractivity contribution is 5.68. The Bertz CT molecular complexity index is 828. The Labute approximate surface area is 174 Å². The van der Waals surface area contributed by atoms with Gasteiger partial charge in [-0.3, -0.25) is 0 Å². The van der Waals surface area contributed by atoms with Crippen molar-refractivity contribution >= 4 is 5.97 Å². The number of carbonyl (C=O) groups is 1. The van der Waals surface area contributed by atoms with E-state index in [1.165, 1.54) is 0 Å². The molecule has 0 radical (unpaired) electrons. The fraction of sp³-hybridized carbons (Fsp3) is 0.696. The molecule has 0 bridgehead atoms. The molecule has 1 saturated carbocycles. The zero-order valence-corrected chi connectivity index (χ0v) is 16.1. The molecule has 0 spiro atoms. The molecule has 0 amide bonds. The molecule has 156 valence electrons. The molecule has 2 aliphatic carbocycles. The summed E-state index contributed by atoms with van der Waals surface area (Å²) in [6.07, 6.45) is 0.666. The Morgan fingerprint density at radius 3 is 3.04 bits per heavy atom. The van der Waals surface area contributed by atoms with Crippen LogP contribution in [0.1, 0.15) is 69.8 Å². The van der Waals surface area contributed by atoms with Gasteiger partial charge in [0.15, 0.2) is 6.61 Å². The van der Waals surface area contributed by atoms with E-state index >= 15 is 0 Å². The zero-order valence-electron chi connectivity index (χ0n) is 21.1. The summed E-state index contributed by atoms with van der Waals surface area (Å²) in [6.45, 7) is -2.45. The third-order valence-corrected chi connectivity index (χ3v) is 6.08. The second-order valence-electron chi connectivity index (χ2n) is 8.04. The van der Waals surface area contributed by atoms with Crippen LogP contribution in [0.5, 0.6) is 5.75 Å². The number of hydrogen-bond acceptors (Lipinski definition) is 4. The molecule has 3 N–H and O–H groups in total. The molecular weight excluding hydrogens is 356 g/mol. The minimum absolute atomic E-state index is 0.0986. The summed E-state index contributed by atoms with van der Waals surface area (Å²) < 4.78 is 45.0. The van der Waals surface area contributed by atoms with Crippen molar-refractivity contribution < 1.29 is 31.7 Å². The number of aliphatic hydroxyl groups excluding tert-OH is 2. The molecule has 0 aromatic heterocycles. The molecule has 2 aliphatic rings. The van der Waals surface area contributed by atoms with E-state index in [9.17, 15) is 15.0 Å². The Hall–Kier alpha value is -1.59. The van der Waals surface area contributed by atoms with Gasteiger partial charge in [-0.1, -0.05) is 38.2 Å². The number of aliphatic carboxylic acids is 1. The largest absolute Gasteiger partial charge is 0.482 e. The van der Waals surface area contributed by atoms with E-state index in [4.69, 9.17) is 16.7 Å². The molecule has 28 heavy (non-hydrogen) atoms. The second kappa shape index (κ2) is 9.75. The van der Waals surface area contributed by atoms with Crippen molar-refractivity contribution in [2.24, 2.45) is 17.8 Å². The highest BCUT2D eigenvalue weighted by Crippen LogP contribution is 2.48. The van der Waals surface area contributed by atoms with Gasteiger partial charge in [-0.05, 0) is 73.4 Å². The monoisotopic (exact) mass is 395 g/mol. The van der Waals surface area contributed by atoms with Gasteiger partial charge in [0, 0.05) is 6.85 Å². The fourth-order valence-corrected chi connectivity index (χ4v) is 4.69. The predicted octanol–water partition coefficient (Wildman–Crippen LogP) is 3.58. The normalized spacial score (nSPS) is 32.0. The van der Waals surface area contributed by atoms with Crippen LogP contribution in [-0.2, 0) is 17.6 Å². The Balaban J connectivity index is 1.66. The van der Waals surface area contributed by atoms with E-state index in [1.54, 1.807) is 18.2 Å². The maximum Gasteiger partial charge on any atom is 0.341 e. The van der Waals surface area contributed by atoms with Crippen LogP contribution >= 0.6 is 0 Å². The van der Waals surface area contributed by atoms with Crippen molar-refractivity contribution in [1.29, 1.82) is 0 Å². The van der Waals surface area contributed by atoms with Crippen LogP contribution in [0.2, 0.25) is 0 Å². The SMILES string of the molecule is [2H]C([2H])([2H])CCCC[C@H](O)CC[C@@H]1[C@@H]2[C@@H](Cc3c(OCC(=O)O)cccc3C2([2H])[2H])C[C@H]1O. The summed E-state index contributed by atoms with van der Waals surface area (Å²) in [4.78, 5) is 10.9.